The molecule has 0 spiro atoms. The van der Waals surface area contributed by atoms with Gasteiger partial charge in [0.15, 0.2) is 5.78 Å². The summed E-state index contributed by atoms with van der Waals surface area (Å²) in [5, 5.41) is 0. The number of ketones is 1. The van der Waals surface area contributed by atoms with Gasteiger partial charge in [0.1, 0.15) is 18.5 Å². The largest absolute Gasteiger partial charge is 0.493 e. The molecule has 0 saturated heterocycles. The van der Waals surface area contributed by atoms with Gasteiger partial charge in [-0.15, -0.1) is 0 Å². The van der Waals surface area contributed by atoms with Crippen molar-refractivity contribution in [2.75, 3.05) is 19.8 Å². The third-order valence-electron chi connectivity index (χ3n) is 2.82. The average Bonchev–Trinajstić information content (AvgIpc) is 2.39. The molecule has 1 unspecified atom stereocenters. The van der Waals surface area contributed by atoms with Gasteiger partial charge in [0.05, 0.1) is 18.8 Å². The van der Waals surface area contributed by atoms with Crippen molar-refractivity contribution in [3.8, 4) is 5.75 Å². The van der Waals surface area contributed by atoms with E-state index in [-0.39, 0.29) is 43.3 Å². The van der Waals surface area contributed by atoms with Gasteiger partial charge in [0, 0.05) is 6.42 Å². The highest BCUT2D eigenvalue weighted by Gasteiger charge is 2.32. The van der Waals surface area contributed by atoms with E-state index in [9.17, 15) is 22.4 Å². The van der Waals surface area contributed by atoms with Crippen LogP contribution in [0.15, 0.2) is 18.2 Å². The first-order valence-electron chi connectivity index (χ1n) is 6.72. The molecule has 1 aromatic rings. The molecule has 0 radical (unpaired) electrons. The third kappa shape index (κ3) is 6.43. The summed E-state index contributed by atoms with van der Waals surface area (Å²) < 4.78 is 61.5. The molecule has 0 saturated carbocycles. The van der Waals surface area contributed by atoms with Gasteiger partial charge in [-0.2, -0.15) is 13.2 Å². The van der Waals surface area contributed by atoms with Crippen molar-refractivity contribution in [1.29, 1.82) is 0 Å². The van der Waals surface area contributed by atoms with E-state index in [1.807, 2.05) is 0 Å². The molecule has 1 rings (SSSR count). The molecule has 1 aromatic carbocycles. The van der Waals surface area contributed by atoms with Crippen LogP contribution in [0.1, 0.15) is 24.5 Å². The molecule has 124 valence electrons. The lowest BCUT2D eigenvalue weighted by Crippen LogP contribution is -2.17. The summed E-state index contributed by atoms with van der Waals surface area (Å²) in [7, 11) is 0. The normalized spacial score (nSPS) is 13.0. The van der Waals surface area contributed by atoms with E-state index in [2.05, 4.69) is 0 Å². The number of hydrogen-bond donors (Lipinski definition) is 0. The minimum atomic E-state index is -4.45. The fourth-order valence-electron chi connectivity index (χ4n) is 1.71. The first kappa shape index (κ1) is 18.4. The number of alkyl halides is 4. The van der Waals surface area contributed by atoms with Crippen LogP contribution < -0.4 is 4.74 Å². The lowest BCUT2D eigenvalue weighted by molar-refractivity contribution is -0.138. The molecule has 0 aromatic heterocycles. The Morgan fingerprint density at radius 3 is 2.59 bits per heavy atom. The van der Waals surface area contributed by atoms with Crippen LogP contribution in [-0.4, -0.2) is 31.8 Å². The Bertz CT molecular complexity index is 500. The fourth-order valence-corrected chi connectivity index (χ4v) is 1.71. The maximum Gasteiger partial charge on any atom is 0.416 e. The summed E-state index contributed by atoms with van der Waals surface area (Å²) in [6, 6.07) is 3.61. The van der Waals surface area contributed by atoms with Crippen molar-refractivity contribution in [2.45, 2.75) is 32.6 Å². The van der Waals surface area contributed by atoms with E-state index in [4.69, 9.17) is 9.47 Å². The smallest absolute Gasteiger partial charge is 0.416 e. The van der Waals surface area contributed by atoms with Crippen molar-refractivity contribution >= 4 is 5.78 Å². The van der Waals surface area contributed by atoms with Crippen LogP contribution in [0.2, 0.25) is 0 Å². The van der Waals surface area contributed by atoms with Gasteiger partial charge in [-0.3, -0.25) is 4.79 Å². The number of ether oxygens (including phenoxy) is 2. The molecule has 0 fully saturated rings. The monoisotopic (exact) mass is 322 g/mol. The van der Waals surface area contributed by atoms with E-state index >= 15 is 0 Å². The zero-order chi connectivity index (χ0) is 16.8. The van der Waals surface area contributed by atoms with Crippen LogP contribution in [0.5, 0.6) is 5.75 Å². The number of Topliss-reactive ketones (excluding diaryl/α,β-unsaturated/α-hetero) is 1. The number of benzene rings is 1. The number of rotatable bonds is 8. The van der Waals surface area contributed by atoms with Crippen molar-refractivity contribution in [3.63, 3.8) is 0 Å². The maximum absolute atomic E-state index is 13.4. The van der Waals surface area contributed by atoms with Gasteiger partial charge in [-0.25, -0.2) is 4.39 Å². The van der Waals surface area contributed by atoms with Gasteiger partial charge in [0.2, 0.25) is 0 Å². The second-order valence-corrected chi connectivity index (χ2v) is 4.93. The Morgan fingerprint density at radius 1 is 1.32 bits per heavy atom. The molecule has 22 heavy (non-hydrogen) atoms. The SMILES string of the molecule is CC(=O)COCC(F)CCOc1ccc(C)c(C(F)(F)F)c1. The van der Waals surface area contributed by atoms with Crippen molar-refractivity contribution in [3.05, 3.63) is 29.3 Å². The van der Waals surface area contributed by atoms with Crippen LogP contribution in [0.4, 0.5) is 17.6 Å². The standard InChI is InChI=1S/C15H18F4O3/c1-10-3-4-13(7-14(10)15(17,18)19)22-6-5-12(16)9-21-8-11(2)20/h3-4,7,12H,5-6,8-9H2,1-2H3. The predicted molar refractivity (Wildman–Crippen MR) is 72.7 cm³/mol. The van der Waals surface area contributed by atoms with E-state index in [1.54, 1.807) is 0 Å². The predicted octanol–water partition coefficient (Wildman–Crippen LogP) is 3.73. The van der Waals surface area contributed by atoms with Gasteiger partial charge in [-0.05, 0) is 31.5 Å². The number of aryl methyl sites for hydroxylation is 1. The summed E-state index contributed by atoms with van der Waals surface area (Å²) in [5.41, 5.74) is -0.674. The fraction of sp³-hybridized carbons (Fsp3) is 0.533. The highest BCUT2D eigenvalue weighted by Crippen LogP contribution is 2.34. The molecule has 0 bridgehead atoms. The van der Waals surface area contributed by atoms with E-state index < -0.39 is 17.9 Å². The van der Waals surface area contributed by atoms with Crippen molar-refractivity contribution in [1.82, 2.24) is 0 Å². The highest BCUT2D eigenvalue weighted by atomic mass is 19.4. The van der Waals surface area contributed by atoms with Crippen molar-refractivity contribution in [2.24, 2.45) is 0 Å². The Kier molecular flexibility index (Phi) is 6.80. The number of hydrogen-bond acceptors (Lipinski definition) is 3. The Labute approximate surface area is 126 Å². The summed E-state index contributed by atoms with van der Waals surface area (Å²) in [6.07, 6.45) is -5.83. The number of carbonyl (C=O) groups excluding carboxylic acids is 1. The molecule has 0 heterocycles. The zero-order valence-electron chi connectivity index (χ0n) is 12.4. The average molecular weight is 322 g/mol. The Morgan fingerprint density at radius 2 is 2.00 bits per heavy atom. The number of halogens is 4. The van der Waals surface area contributed by atoms with Crippen LogP contribution in [0.3, 0.4) is 0 Å². The number of carbonyl (C=O) groups is 1. The summed E-state index contributed by atoms with van der Waals surface area (Å²) >= 11 is 0. The minimum absolute atomic E-state index is 0.0346. The first-order valence-corrected chi connectivity index (χ1v) is 6.72. The lowest BCUT2D eigenvalue weighted by Gasteiger charge is -2.13. The molecule has 0 aliphatic heterocycles. The molecule has 7 heteroatoms. The van der Waals surface area contributed by atoms with Crippen molar-refractivity contribution < 1.29 is 31.8 Å². The van der Waals surface area contributed by atoms with E-state index in [0.717, 1.165) is 6.07 Å². The molecule has 1 atom stereocenters. The molecule has 3 nitrogen and oxygen atoms in total. The van der Waals surface area contributed by atoms with E-state index in [1.165, 1.54) is 26.0 Å². The Balaban J connectivity index is 2.44. The molecular weight excluding hydrogens is 304 g/mol. The van der Waals surface area contributed by atoms with Crippen LogP contribution in [-0.2, 0) is 15.7 Å². The van der Waals surface area contributed by atoms with Crippen LogP contribution in [0, 0.1) is 6.92 Å². The first-order chi connectivity index (χ1) is 10.2. The third-order valence-corrected chi connectivity index (χ3v) is 2.82. The minimum Gasteiger partial charge on any atom is -0.493 e. The molecule has 0 N–H and O–H groups in total. The van der Waals surface area contributed by atoms with Crippen LogP contribution >= 0.6 is 0 Å². The van der Waals surface area contributed by atoms with E-state index in [0.29, 0.717) is 0 Å². The molecule has 0 aliphatic rings. The van der Waals surface area contributed by atoms with Gasteiger partial charge in [-0.1, -0.05) is 6.07 Å². The second-order valence-electron chi connectivity index (χ2n) is 4.93. The second kappa shape index (κ2) is 8.12. The molecular formula is C15H18F4O3. The Hall–Kier alpha value is -1.63. The molecule has 0 amide bonds. The lowest BCUT2D eigenvalue weighted by atomic mass is 10.1. The highest BCUT2D eigenvalue weighted by molar-refractivity contribution is 5.76. The summed E-state index contributed by atoms with van der Waals surface area (Å²) in [5.74, 6) is -0.169. The summed E-state index contributed by atoms with van der Waals surface area (Å²) in [4.78, 5) is 10.6. The topological polar surface area (TPSA) is 35.5 Å². The summed E-state index contributed by atoms with van der Waals surface area (Å²) in [6.45, 7) is 2.20. The quantitative estimate of drug-likeness (QED) is 0.684. The zero-order valence-corrected chi connectivity index (χ0v) is 12.4. The van der Waals surface area contributed by atoms with Gasteiger partial charge in [0.25, 0.3) is 0 Å². The molecule has 0 aliphatic carbocycles. The van der Waals surface area contributed by atoms with Gasteiger partial charge < -0.3 is 9.47 Å². The van der Waals surface area contributed by atoms with Gasteiger partial charge >= 0.3 is 6.18 Å². The van der Waals surface area contributed by atoms with Crippen LogP contribution in [0.25, 0.3) is 0 Å². The maximum atomic E-state index is 13.4.